The van der Waals surface area contributed by atoms with E-state index in [4.69, 9.17) is 4.99 Å². The van der Waals surface area contributed by atoms with Crippen LogP contribution < -0.4 is 0 Å². The van der Waals surface area contributed by atoms with Gasteiger partial charge in [0.25, 0.3) is 5.91 Å². The molecule has 1 N–H and O–H groups in total. The van der Waals surface area contributed by atoms with Gasteiger partial charge in [-0.2, -0.15) is 0 Å². The van der Waals surface area contributed by atoms with Gasteiger partial charge in [0.15, 0.2) is 12.2 Å². The SMILES string of the molecule is CC1=C(C)N2C(=NC3C2C(=O)N(Cc2cc(C)ccc2C)C(=O)N3C)N1CCCO. The summed E-state index contributed by atoms with van der Waals surface area (Å²) in [6.45, 7) is 8.93. The van der Waals surface area contributed by atoms with Gasteiger partial charge >= 0.3 is 6.03 Å². The van der Waals surface area contributed by atoms with Gasteiger partial charge in [0, 0.05) is 31.6 Å². The van der Waals surface area contributed by atoms with Crippen molar-refractivity contribution in [1.29, 1.82) is 0 Å². The number of amides is 3. The Kier molecular flexibility index (Phi) is 5.05. The van der Waals surface area contributed by atoms with E-state index in [-0.39, 0.29) is 25.1 Å². The number of aliphatic hydroxyl groups is 1. The van der Waals surface area contributed by atoms with E-state index in [0.717, 1.165) is 28.1 Å². The second kappa shape index (κ2) is 7.43. The number of hydrogen-bond acceptors (Lipinski definition) is 6. The van der Waals surface area contributed by atoms with Crippen molar-refractivity contribution in [3.8, 4) is 0 Å². The third kappa shape index (κ3) is 2.98. The first-order valence-electron chi connectivity index (χ1n) is 10.3. The number of likely N-dealkylation sites (N-methyl/N-ethyl adjacent to an activating group) is 1. The molecule has 1 aromatic rings. The predicted molar refractivity (Wildman–Crippen MR) is 113 cm³/mol. The number of aryl methyl sites for hydroxylation is 2. The van der Waals surface area contributed by atoms with Gasteiger partial charge in [-0.05, 0) is 45.2 Å². The van der Waals surface area contributed by atoms with Crippen molar-refractivity contribution in [1.82, 2.24) is 19.6 Å². The van der Waals surface area contributed by atoms with Crippen LogP contribution in [-0.2, 0) is 11.3 Å². The zero-order valence-corrected chi connectivity index (χ0v) is 18.2. The van der Waals surface area contributed by atoms with Crippen molar-refractivity contribution in [3.05, 3.63) is 46.3 Å². The quantitative estimate of drug-likeness (QED) is 0.802. The van der Waals surface area contributed by atoms with Crippen LogP contribution in [0.15, 0.2) is 34.6 Å². The number of rotatable bonds is 5. The maximum absolute atomic E-state index is 13.6. The highest BCUT2D eigenvalue weighted by atomic mass is 16.3. The predicted octanol–water partition coefficient (Wildman–Crippen LogP) is 2.01. The standard InChI is InChI=1S/C22H29N5O3/c1-13-7-8-14(2)17(11-13)12-26-20(29)18-19(24(5)22(26)30)23-21-25(9-6-10-28)15(3)16(4)27(18)21/h7-8,11,18-19,28H,6,9-10,12H2,1-5H3. The summed E-state index contributed by atoms with van der Waals surface area (Å²) in [5.74, 6) is 0.467. The van der Waals surface area contributed by atoms with E-state index in [0.29, 0.717) is 18.9 Å². The molecule has 3 aliphatic heterocycles. The molecule has 0 aliphatic carbocycles. The minimum absolute atomic E-state index is 0.0872. The van der Waals surface area contributed by atoms with Crippen LogP contribution in [0.4, 0.5) is 4.79 Å². The van der Waals surface area contributed by atoms with Crippen molar-refractivity contribution in [3.63, 3.8) is 0 Å². The summed E-state index contributed by atoms with van der Waals surface area (Å²) in [6.07, 6.45) is 0.0587. The number of aliphatic hydroxyl groups excluding tert-OH is 1. The van der Waals surface area contributed by atoms with Crippen LogP contribution in [0, 0.1) is 13.8 Å². The molecule has 0 bridgehead atoms. The first-order chi connectivity index (χ1) is 14.3. The molecule has 3 aliphatic rings. The maximum atomic E-state index is 13.6. The Morgan fingerprint density at radius 3 is 2.50 bits per heavy atom. The van der Waals surface area contributed by atoms with Crippen LogP contribution in [0.3, 0.4) is 0 Å². The molecule has 2 atom stereocenters. The molecule has 0 aromatic heterocycles. The van der Waals surface area contributed by atoms with Gasteiger partial charge in [-0.1, -0.05) is 23.8 Å². The van der Waals surface area contributed by atoms with E-state index in [2.05, 4.69) is 0 Å². The summed E-state index contributed by atoms with van der Waals surface area (Å²) in [5.41, 5.74) is 5.10. The smallest absolute Gasteiger partial charge is 0.328 e. The molecule has 8 heteroatoms. The summed E-state index contributed by atoms with van der Waals surface area (Å²) < 4.78 is 0. The number of fused-ring (bicyclic) bond motifs is 3. The average Bonchev–Trinajstić information content (AvgIpc) is 3.21. The number of imide groups is 1. The van der Waals surface area contributed by atoms with E-state index in [1.54, 1.807) is 11.9 Å². The summed E-state index contributed by atoms with van der Waals surface area (Å²) in [4.78, 5) is 38.3. The monoisotopic (exact) mass is 411 g/mol. The molecule has 1 saturated heterocycles. The van der Waals surface area contributed by atoms with Crippen LogP contribution >= 0.6 is 0 Å². The Bertz CT molecular complexity index is 970. The largest absolute Gasteiger partial charge is 0.396 e. The molecule has 1 aromatic carbocycles. The Hall–Kier alpha value is -2.87. The molecule has 0 spiro atoms. The van der Waals surface area contributed by atoms with E-state index in [9.17, 15) is 14.7 Å². The van der Waals surface area contributed by atoms with E-state index in [1.807, 2.05) is 55.7 Å². The lowest BCUT2D eigenvalue weighted by Gasteiger charge is -2.41. The van der Waals surface area contributed by atoms with Crippen molar-refractivity contribution in [2.24, 2.45) is 4.99 Å². The molecule has 8 nitrogen and oxygen atoms in total. The molecule has 1 fully saturated rings. The summed E-state index contributed by atoms with van der Waals surface area (Å²) in [6, 6.07) is 5.18. The second-order valence-corrected chi connectivity index (χ2v) is 8.30. The van der Waals surface area contributed by atoms with Gasteiger partial charge in [0.05, 0.1) is 6.54 Å². The van der Waals surface area contributed by atoms with Crippen molar-refractivity contribution in [2.75, 3.05) is 20.2 Å². The molecule has 0 saturated carbocycles. The zero-order valence-electron chi connectivity index (χ0n) is 18.2. The van der Waals surface area contributed by atoms with Gasteiger partial charge < -0.3 is 14.9 Å². The summed E-state index contributed by atoms with van der Waals surface area (Å²) in [5, 5.41) is 9.25. The number of urea groups is 1. The fraction of sp³-hybridized carbons (Fsp3) is 0.500. The Morgan fingerprint density at radius 1 is 1.07 bits per heavy atom. The fourth-order valence-corrected chi connectivity index (χ4v) is 4.46. The summed E-state index contributed by atoms with van der Waals surface area (Å²) >= 11 is 0. The molecule has 0 radical (unpaired) electrons. The number of nitrogens with zero attached hydrogens (tertiary/aromatic N) is 5. The zero-order chi connectivity index (χ0) is 21.7. The average molecular weight is 412 g/mol. The third-order valence-electron chi connectivity index (χ3n) is 6.38. The number of carbonyl (C=O) groups excluding carboxylic acids is 2. The maximum Gasteiger partial charge on any atom is 0.328 e. The Morgan fingerprint density at radius 2 is 1.80 bits per heavy atom. The molecular formula is C22H29N5O3. The normalized spacial score (nSPS) is 23.5. The van der Waals surface area contributed by atoms with Crippen LogP contribution in [0.2, 0.25) is 0 Å². The molecule has 4 rings (SSSR count). The van der Waals surface area contributed by atoms with E-state index < -0.39 is 12.2 Å². The highest BCUT2D eigenvalue weighted by Gasteiger charge is 2.55. The van der Waals surface area contributed by atoms with Crippen molar-refractivity contribution in [2.45, 2.75) is 52.9 Å². The lowest BCUT2D eigenvalue weighted by molar-refractivity contribution is -0.137. The van der Waals surface area contributed by atoms with E-state index >= 15 is 0 Å². The van der Waals surface area contributed by atoms with Crippen LogP contribution in [0.5, 0.6) is 0 Å². The summed E-state index contributed by atoms with van der Waals surface area (Å²) in [7, 11) is 1.71. The first kappa shape index (κ1) is 20.4. The van der Waals surface area contributed by atoms with Gasteiger partial charge in [-0.15, -0.1) is 0 Å². The van der Waals surface area contributed by atoms with Gasteiger partial charge in [0.1, 0.15) is 0 Å². The van der Waals surface area contributed by atoms with Crippen molar-refractivity contribution >= 4 is 17.9 Å². The van der Waals surface area contributed by atoms with E-state index in [1.165, 1.54) is 4.90 Å². The number of hydrogen-bond donors (Lipinski definition) is 1. The Labute approximate surface area is 177 Å². The molecule has 3 heterocycles. The lowest BCUT2D eigenvalue weighted by Crippen LogP contribution is -2.64. The Balaban J connectivity index is 1.67. The number of benzene rings is 1. The van der Waals surface area contributed by atoms with Gasteiger partial charge in [0.2, 0.25) is 5.96 Å². The van der Waals surface area contributed by atoms with Crippen LogP contribution in [0.1, 0.15) is 37.0 Å². The highest BCUT2D eigenvalue weighted by Crippen LogP contribution is 2.38. The molecule has 30 heavy (non-hydrogen) atoms. The number of guanidine groups is 1. The third-order valence-corrected chi connectivity index (χ3v) is 6.38. The van der Waals surface area contributed by atoms with Crippen molar-refractivity contribution < 1.29 is 14.7 Å². The van der Waals surface area contributed by atoms with Gasteiger partial charge in [-0.3, -0.25) is 14.6 Å². The fourth-order valence-electron chi connectivity index (χ4n) is 4.46. The first-order valence-corrected chi connectivity index (χ1v) is 10.3. The molecule has 3 amide bonds. The highest BCUT2D eigenvalue weighted by molar-refractivity contribution is 6.05. The van der Waals surface area contributed by atoms with Gasteiger partial charge in [-0.25, -0.2) is 9.79 Å². The van der Waals surface area contributed by atoms with Crippen LogP contribution in [-0.4, -0.2) is 75.0 Å². The lowest BCUT2D eigenvalue weighted by atomic mass is 10.0. The molecule has 2 unspecified atom stereocenters. The minimum Gasteiger partial charge on any atom is -0.396 e. The minimum atomic E-state index is -0.568. The molecule has 160 valence electrons. The number of allylic oxidation sites excluding steroid dienone is 2. The molecular weight excluding hydrogens is 382 g/mol. The van der Waals surface area contributed by atoms with Crippen LogP contribution in [0.25, 0.3) is 0 Å². The number of aliphatic imine (C=N–C) groups is 1. The topological polar surface area (TPSA) is 79.7 Å². The second-order valence-electron chi connectivity index (χ2n) is 8.30. The number of carbonyl (C=O) groups is 2.